The number of thiocarbonyl (C=S) groups is 1. The largest absolute Gasteiger partial charge is 0.349 e. The van der Waals surface area contributed by atoms with Gasteiger partial charge in [-0.3, -0.25) is 0 Å². The SMILES string of the molecule is N#CC1(c2ccccc2)CCN(C(=S)Nc2ccc(Br)cc2)CC1. The smallest absolute Gasteiger partial charge is 0.173 e. The number of hydrogen-bond donors (Lipinski definition) is 1. The highest BCUT2D eigenvalue weighted by molar-refractivity contribution is 9.10. The molecule has 0 radical (unpaired) electrons. The van der Waals surface area contributed by atoms with E-state index < -0.39 is 5.41 Å². The van der Waals surface area contributed by atoms with Gasteiger partial charge < -0.3 is 10.2 Å². The molecule has 1 saturated heterocycles. The fourth-order valence-corrected chi connectivity index (χ4v) is 3.61. The number of likely N-dealkylation sites (tertiary alicyclic amines) is 1. The second kappa shape index (κ2) is 7.33. The van der Waals surface area contributed by atoms with Crippen molar-refractivity contribution in [2.24, 2.45) is 0 Å². The molecule has 0 atom stereocenters. The maximum atomic E-state index is 9.76. The van der Waals surface area contributed by atoms with Gasteiger partial charge in [-0.1, -0.05) is 46.3 Å². The summed E-state index contributed by atoms with van der Waals surface area (Å²) in [5, 5.41) is 13.8. The molecule has 122 valence electrons. The number of nitriles is 1. The van der Waals surface area contributed by atoms with E-state index in [1.807, 2.05) is 42.5 Å². The second-order valence-electron chi connectivity index (χ2n) is 5.98. The molecule has 1 aliphatic rings. The Bertz CT molecular complexity index is 744. The van der Waals surface area contributed by atoms with E-state index in [9.17, 15) is 5.26 Å². The quantitative estimate of drug-likeness (QED) is 0.742. The minimum absolute atomic E-state index is 0.398. The zero-order valence-electron chi connectivity index (χ0n) is 13.2. The molecule has 1 N–H and O–H groups in total. The van der Waals surface area contributed by atoms with Crippen molar-refractivity contribution in [1.82, 2.24) is 4.90 Å². The predicted molar refractivity (Wildman–Crippen MR) is 105 cm³/mol. The van der Waals surface area contributed by atoms with Gasteiger partial charge >= 0.3 is 0 Å². The van der Waals surface area contributed by atoms with Crippen molar-refractivity contribution >= 4 is 38.9 Å². The lowest BCUT2D eigenvalue weighted by Gasteiger charge is -2.38. The summed E-state index contributed by atoms with van der Waals surface area (Å²) in [5.41, 5.74) is 1.69. The maximum absolute atomic E-state index is 9.76. The topological polar surface area (TPSA) is 39.1 Å². The molecule has 2 aromatic rings. The van der Waals surface area contributed by atoms with E-state index in [0.29, 0.717) is 0 Å². The van der Waals surface area contributed by atoms with Crippen molar-refractivity contribution in [3.63, 3.8) is 0 Å². The monoisotopic (exact) mass is 399 g/mol. The molecule has 24 heavy (non-hydrogen) atoms. The highest BCUT2D eigenvalue weighted by Gasteiger charge is 2.36. The van der Waals surface area contributed by atoms with Gasteiger partial charge in [0, 0.05) is 23.2 Å². The summed E-state index contributed by atoms with van der Waals surface area (Å²) >= 11 is 8.97. The Hall–Kier alpha value is -1.90. The van der Waals surface area contributed by atoms with E-state index >= 15 is 0 Å². The van der Waals surface area contributed by atoms with Crippen LogP contribution in [0.15, 0.2) is 59.1 Å². The van der Waals surface area contributed by atoms with Gasteiger partial charge in [0.05, 0.1) is 11.5 Å². The number of piperidine rings is 1. The molecule has 5 heteroatoms. The zero-order chi connectivity index (χ0) is 17.0. The number of benzene rings is 2. The van der Waals surface area contributed by atoms with Crippen LogP contribution in [0.1, 0.15) is 18.4 Å². The van der Waals surface area contributed by atoms with Crippen LogP contribution in [0.4, 0.5) is 5.69 Å². The fraction of sp³-hybridized carbons (Fsp3) is 0.263. The molecule has 3 nitrogen and oxygen atoms in total. The van der Waals surface area contributed by atoms with Gasteiger partial charge in [0.2, 0.25) is 0 Å². The van der Waals surface area contributed by atoms with Gasteiger partial charge in [0.25, 0.3) is 0 Å². The molecule has 0 aliphatic carbocycles. The third-order valence-corrected chi connectivity index (χ3v) is 5.43. The minimum Gasteiger partial charge on any atom is -0.349 e. The normalized spacial score (nSPS) is 16.2. The third kappa shape index (κ3) is 3.61. The Balaban J connectivity index is 1.65. The van der Waals surface area contributed by atoms with Gasteiger partial charge in [-0.15, -0.1) is 0 Å². The highest BCUT2D eigenvalue weighted by atomic mass is 79.9. The average molecular weight is 400 g/mol. The van der Waals surface area contributed by atoms with E-state index in [-0.39, 0.29) is 0 Å². The highest BCUT2D eigenvalue weighted by Crippen LogP contribution is 2.35. The van der Waals surface area contributed by atoms with Crippen LogP contribution < -0.4 is 5.32 Å². The van der Waals surface area contributed by atoms with Crippen LogP contribution in [0.3, 0.4) is 0 Å². The summed E-state index contributed by atoms with van der Waals surface area (Å²) < 4.78 is 1.04. The first-order valence-electron chi connectivity index (χ1n) is 7.91. The molecule has 3 rings (SSSR count). The van der Waals surface area contributed by atoms with Gasteiger partial charge in [-0.2, -0.15) is 5.26 Å². The summed E-state index contributed by atoms with van der Waals surface area (Å²) in [7, 11) is 0. The van der Waals surface area contributed by atoms with Crippen LogP contribution >= 0.6 is 28.1 Å². The van der Waals surface area contributed by atoms with E-state index in [2.05, 4.69) is 44.3 Å². The molecule has 0 unspecified atom stereocenters. The van der Waals surface area contributed by atoms with Crippen molar-refractivity contribution in [2.45, 2.75) is 18.3 Å². The number of nitrogens with zero attached hydrogens (tertiary/aromatic N) is 2. The van der Waals surface area contributed by atoms with Crippen molar-refractivity contribution in [1.29, 1.82) is 5.26 Å². The van der Waals surface area contributed by atoms with Crippen LogP contribution in [-0.2, 0) is 5.41 Å². The molecule has 0 saturated carbocycles. The summed E-state index contributed by atoms with van der Waals surface area (Å²) in [6, 6.07) is 20.6. The predicted octanol–water partition coefficient (Wildman–Crippen LogP) is 4.70. The number of hydrogen-bond acceptors (Lipinski definition) is 2. The summed E-state index contributed by atoms with van der Waals surface area (Å²) in [6.07, 6.45) is 1.57. The molecular weight excluding hydrogens is 382 g/mol. The Kier molecular flexibility index (Phi) is 5.17. The lowest BCUT2D eigenvalue weighted by Crippen LogP contribution is -2.46. The Morgan fingerprint density at radius 1 is 1.08 bits per heavy atom. The number of halogens is 1. The standard InChI is InChI=1S/C19H18BrN3S/c20-16-6-8-17(9-7-16)22-18(24)23-12-10-19(14-21,11-13-23)15-4-2-1-3-5-15/h1-9H,10-13H2,(H,22,24). The molecule has 0 aromatic heterocycles. The Morgan fingerprint density at radius 3 is 2.29 bits per heavy atom. The van der Waals surface area contributed by atoms with E-state index in [1.54, 1.807) is 0 Å². The lowest BCUT2D eigenvalue weighted by atomic mass is 9.74. The Morgan fingerprint density at radius 2 is 1.71 bits per heavy atom. The molecule has 0 amide bonds. The van der Waals surface area contributed by atoms with Gasteiger partial charge in [0.1, 0.15) is 0 Å². The summed E-state index contributed by atoms with van der Waals surface area (Å²) in [5.74, 6) is 0. The Labute approximate surface area is 156 Å². The van der Waals surface area contributed by atoms with Crippen molar-refractivity contribution < 1.29 is 0 Å². The molecule has 1 aliphatic heterocycles. The zero-order valence-corrected chi connectivity index (χ0v) is 15.6. The molecule has 1 heterocycles. The van der Waals surface area contributed by atoms with Crippen LogP contribution in [0.2, 0.25) is 0 Å². The molecule has 0 bridgehead atoms. The van der Waals surface area contributed by atoms with Crippen LogP contribution in [0, 0.1) is 11.3 Å². The number of nitrogens with one attached hydrogen (secondary N) is 1. The van der Waals surface area contributed by atoms with Crippen LogP contribution in [0.25, 0.3) is 0 Å². The van der Waals surface area contributed by atoms with E-state index in [1.165, 1.54) is 0 Å². The average Bonchev–Trinajstić information content (AvgIpc) is 2.64. The lowest BCUT2D eigenvalue weighted by molar-refractivity contribution is 0.272. The minimum atomic E-state index is -0.398. The van der Waals surface area contributed by atoms with Crippen LogP contribution in [-0.4, -0.2) is 23.1 Å². The van der Waals surface area contributed by atoms with Crippen molar-refractivity contribution in [3.8, 4) is 6.07 Å². The van der Waals surface area contributed by atoms with Gasteiger partial charge in [0.15, 0.2) is 5.11 Å². The third-order valence-electron chi connectivity index (χ3n) is 4.54. The molecule has 0 spiro atoms. The van der Waals surface area contributed by atoms with Crippen LogP contribution in [0.5, 0.6) is 0 Å². The van der Waals surface area contributed by atoms with E-state index in [0.717, 1.165) is 46.8 Å². The van der Waals surface area contributed by atoms with Crippen molar-refractivity contribution in [3.05, 3.63) is 64.6 Å². The second-order valence-corrected chi connectivity index (χ2v) is 7.29. The first kappa shape index (κ1) is 16.9. The summed E-state index contributed by atoms with van der Waals surface area (Å²) in [6.45, 7) is 1.57. The first-order chi connectivity index (χ1) is 11.6. The molecule has 1 fully saturated rings. The maximum Gasteiger partial charge on any atom is 0.173 e. The number of anilines is 1. The fourth-order valence-electron chi connectivity index (χ4n) is 3.05. The van der Waals surface area contributed by atoms with Gasteiger partial charge in [-0.05, 0) is 54.9 Å². The van der Waals surface area contributed by atoms with Gasteiger partial charge in [-0.25, -0.2) is 0 Å². The van der Waals surface area contributed by atoms with Crippen molar-refractivity contribution in [2.75, 3.05) is 18.4 Å². The molecular formula is C19H18BrN3S. The number of rotatable bonds is 2. The summed E-state index contributed by atoms with van der Waals surface area (Å²) in [4.78, 5) is 2.15. The van der Waals surface area contributed by atoms with E-state index in [4.69, 9.17) is 12.2 Å². The molecule has 2 aromatic carbocycles. The first-order valence-corrected chi connectivity index (χ1v) is 9.11.